The highest BCUT2D eigenvalue weighted by molar-refractivity contribution is 5.89. The third-order valence-electron chi connectivity index (χ3n) is 3.84. The molecule has 0 saturated heterocycles. The molecule has 2 nitrogen and oxygen atoms in total. The van der Waals surface area contributed by atoms with Gasteiger partial charge in [0.15, 0.2) is 0 Å². The van der Waals surface area contributed by atoms with Gasteiger partial charge >= 0.3 is 0 Å². The van der Waals surface area contributed by atoms with Gasteiger partial charge in [-0.15, -0.1) is 0 Å². The van der Waals surface area contributed by atoms with E-state index in [2.05, 4.69) is 25.1 Å². The van der Waals surface area contributed by atoms with Crippen LogP contribution in [0.1, 0.15) is 34.3 Å². The Balaban J connectivity index is 2.20. The van der Waals surface area contributed by atoms with Crippen molar-refractivity contribution in [2.45, 2.75) is 26.9 Å². The number of fused-ring (bicyclic) bond motifs is 1. The van der Waals surface area contributed by atoms with E-state index in [9.17, 15) is 5.11 Å². The predicted octanol–water partition coefficient (Wildman–Crippen LogP) is 4.44. The maximum Gasteiger partial charge on any atom is 0.108 e. The van der Waals surface area contributed by atoms with Crippen LogP contribution in [0.3, 0.4) is 0 Å². The molecule has 1 aromatic heterocycles. The number of hydrogen-bond donors (Lipinski definition) is 1. The van der Waals surface area contributed by atoms with Gasteiger partial charge in [0.25, 0.3) is 0 Å². The van der Waals surface area contributed by atoms with E-state index in [0.29, 0.717) is 0 Å². The van der Waals surface area contributed by atoms with Gasteiger partial charge in [-0.3, -0.25) is 0 Å². The second-order valence-corrected chi connectivity index (χ2v) is 5.29. The summed E-state index contributed by atoms with van der Waals surface area (Å²) in [5.74, 6) is 1.60. The first-order valence-corrected chi connectivity index (χ1v) is 6.81. The standard InChI is InChI=1S/C18H18O2/c1-11-8-9-16(15-7-5-4-6-14(11)15)18(19)17-10-12(2)20-13(17)3/h4-10,18-19H,1-3H3. The summed E-state index contributed by atoms with van der Waals surface area (Å²) in [4.78, 5) is 0. The van der Waals surface area contributed by atoms with Gasteiger partial charge in [-0.2, -0.15) is 0 Å². The fraction of sp³-hybridized carbons (Fsp3) is 0.222. The smallest absolute Gasteiger partial charge is 0.108 e. The molecule has 3 rings (SSSR count). The van der Waals surface area contributed by atoms with E-state index in [0.717, 1.165) is 28.0 Å². The Labute approximate surface area is 118 Å². The summed E-state index contributed by atoms with van der Waals surface area (Å²) in [5.41, 5.74) is 2.99. The van der Waals surface area contributed by atoms with E-state index in [1.807, 2.05) is 38.1 Å². The quantitative estimate of drug-likeness (QED) is 0.744. The Bertz CT molecular complexity index is 768. The Kier molecular flexibility index (Phi) is 3.11. The zero-order chi connectivity index (χ0) is 14.3. The van der Waals surface area contributed by atoms with Gasteiger partial charge in [-0.25, -0.2) is 0 Å². The minimum Gasteiger partial charge on any atom is -0.466 e. The van der Waals surface area contributed by atoms with Gasteiger partial charge in [0, 0.05) is 5.56 Å². The molecule has 0 bridgehead atoms. The average molecular weight is 266 g/mol. The Morgan fingerprint density at radius 3 is 2.25 bits per heavy atom. The monoisotopic (exact) mass is 266 g/mol. The summed E-state index contributed by atoms with van der Waals surface area (Å²) < 4.78 is 5.53. The second kappa shape index (κ2) is 4.80. The van der Waals surface area contributed by atoms with E-state index < -0.39 is 6.10 Å². The number of furan rings is 1. The lowest BCUT2D eigenvalue weighted by Gasteiger charge is -2.14. The molecule has 1 N–H and O–H groups in total. The maximum atomic E-state index is 10.7. The van der Waals surface area contributed by atoms with Crippen LogP contribution in [0.5, 0.6) is 0 Å². The third kappa shape index (κ3) is 2.02. The highest BCUT2D eigenvalue weighted by Crippen LogP contribution is 2.33. The first-order chi connectivity index (χ1) is 9.58. The lowest BCUT2D eigenvalue weighted by Crippen LogP contribution is -2.01. The summed E-state index contributed by atoms with van der Waals surface area (Å²) in [6.07, 6.45) is -0.655. The van der Waals surface area contributed by atoms with Crippen molar-refractivity contribution >= 4 is 10.8 Å². The van der Waals surface area contributed by atoms with Crippen molar-refractivity contribution in [3.63, 3.8) is 0 Å². The van der Waals surface area contributed by atoms with Crippen LogP contribution in [0.15, 0.2) is 46.9 Å². The van der Waals surface area contributed by atoms with Gasteiger partial charge < -0.3 is 9.52 Å². The van der Waals surface area contributed by atoms with Crippen molar-refractivity contribution in [2.75, 3.05) is 0 Å². The van der Waals surface area contributed by atoms with E-state index in [1.165, 1.54) is 10.9 Å². The minimum absolute atomic E-state index is 0.655. The Morgan fingerprint density at radius 2 is 1.60 bits per heavy atom. The molecule has 2 heteroatoms. The number of benzene rings is 2. The van der Waals surface area contributed by atoms with Crippen molar-refractivity contribution in [3.05, 3.63) is 70.7 Å². The molecular formula is C18H18O2. The maximum absolute atomic E-state index is 10.7. The molecular weight excluding hydrogens is 248 g/mol. The third-order valence-corrected chi connectivity index (χ3v) is 3.84. The van der Waals surface area contributed by atoms with Crippen molar-refractivity contribution < 1.29 is 9.52 Å². The molecule has 3 aromatic rings. The summed E-state index contributed by atoms with van der Waals surface area (Å²) in [7, 11) is 0. The van der Waals surface area contributed by atoms with E-state index in [4.69, 9.17) is 4.42 Å². The van der Waals surface area contributed by atoms with Gasteiger partial charge in [0.1, 0.15) is 17.6 Å². The number of hydrogen-bond acceptors (Lipinski definition) is 2. The van der Waals surface area contributed by atoms with Crippen LogP contribution in [0.2, 0.25) is 0 Å². The fourth-order valence-corrected chi connectivity index (χ4v) is 2.80. The largest absolute Gasteiger partial charge is 0.466 e. The van der Waals surface area contributed by atoms with Crippen LogP contribution in [0, 0.1) is 20.8 Å². The van der Waals surface area contributed by atoms with Crippen LogP contribution in [0.4, 0.5) is 0 Å². The first-order valence-electron chi connectivity index (χ1n) is 6.81. The fourth-order valence-electron chi connectivity index (χ4n) is 2.80. The van der Waals surface area contributed by atoms with Crippen LogP contribution >= 0.6 is 0 Å². The topological polar surface area (TPSA) is 33.4 Å². The molecule has 102 valence electrons. The van der Waals surface area contributed by atoms with Gasteiger partial charge in [-0.05, 0) is 48.7 Å². The molecule has 0 fully saturated rings. The molecule has 1 atom stereocenters. The molecule has 0 saturated carbocycles. The molecule has 1 unspecified atom stereocenters. The van der Waals surface area contributed by atoms with Crippen LogP contribution in [-0.4, -0.2) is 5.11 Å². The summed E-state index contributed by atoms with van der Waals surface area (Å²) in [6, 6.07) is 14.2. The van der Waals surface area contributed by atoms with E-state index >= 15 is 0 Å². The molecule has 0 aliphatic rings. The zero-order valence-corrected chi connectivity index (χ0v) is 12.0. The molecule has 20 heavy (non-hydrogen) atoms. The molecule has 0 aliphatic heterocycles. The first kappa shape index (κ1) is 12.9. The number of aliphatic hydroxyl groups is 1. The number of aliphatic hydroxyl groups excluding tert-OH is 1. The summed E-state index contributed by atoms with van der Waals surface area (Å²) in [6.45, 7) is 5.88. The molecule has 0 aliphatic carbocycles. The minimum atomic E-state index is -0.655. The van der Waals surface area contributed by atoms with Crippen LogP contribution in [0.25, 0.3) is 10.8 Å². The Morgan fingerprint density at radius 1 is 0.900 bits per heavy atom. The molecule has 0 amide bonds. The van der Waals surface area contributed by atoms with Crippen LogP contribution < -0.4 is 0 Å². The zero-order valence-electron chi connectivity index (χ0n) is 12.0. The number of aryl methyl sites for hydroxylation is 3. The van der Waals surface area contributed by atoms with Gasteiger partial charge in [-0.1, -0.05) is 36.4 Å². The lowest BCUT2D eigenvalue weighted by molar-refractivity contribution is 0.219. The lowest BCUT2D eigenvalue weighted by atomic mass is 9.94. The highest BCUT2D eigenvalue weighted by atomic mass is 16.3. The normalized spacial score (nSPS) is 12.8. The van der Waals surface area contributed by atoms with Crippen LogP contribution in [-0.2, 0) is 0 Å². The molecule has 2 aromatic carbocycles. The predicted molar refractivity (Wildman–Crippen MR) is 80.9 cm³/mol. The van der Waals surface area contributed by atoms with Gasteiger partial charge in [0.2, 0.25) is 0 Å². The second-order valence-electron chi connectivity index (χ2n) is 5.29. The molecule has 0 radical (unpaired) electrons. The Hall–Kier alpha value is -2.06. The van der Waals surface area contributed by atoms with E-state index in [-0.39, 0.29) is 0 Å². The van der Waals surface area contributed by atoms with Crippen molar-refractivity contribution in [1.29, 1.82) is 0 Å². The number of rotatable bonds is 2. The van der Waals surface area contributed by atoms with Crippen molar-refractivity contribution in [3.8, 4) is 0 Å². The van der Waals surface area contributed by atoms with Crippen molar-refractivity contribution in [1.82, 2.24) is 0 Å². The summed E-state index contributed by atoms with van der Waals surface area (Å²) in [5, 5.41) is 13.0. The molecule has 1 heterocycles. The van der Waals surface area contributed by atoms with Gasteiger partial charge in [0.05, 0.1) is 0 Å². The highest BCUT2D eigenvalue weighted by Gasteiger charge is 2.18. The SMILES string of the molecule is Cc1cc(C(O)c2ccc(C)c3ccccc23)c(C)o1. The van der Waals surface area contributed by atoms with E-state index in [1.54, 1.807) is 0 Å². The summed E-state index contributed by atoms with van der Waals surface area (Å²) >= 11 is 0. The van der Waals surface area contributed by atoms with Crippen molar-refractivity contribution in [2.24, 2.45) is 0 Å². The average Bonchev–Trinajstić information content (AvgIpc) is 2.78. The molecule has 0 spiro atoms.